The number of ether oxygens (including phenoxy) is 1. The number of aromatic nitrogens is 2. The Morgan fingerprint density at radius 1 is 1.24 bits per heavy atom. The van der Waals surface area contributed by atoms with Crippen LogP contribution in [0.2, 0.25) is 5.15 Å². The molecule has 0 radical (unpaired) electrons. The number of nitrogens with one attached hydrogen (secondary N) is 1. The van der Waals surface area contributed by atoms with Gasteiger partial charge in [0, 0.05) is 0 Å². The summed E-state index contributed by atoms with van der Waals surface area (Å²) in [5.41, 5.74) is 0.621. The van der Waals surface area contributed by atoms with Gasteiger partial charge in [-0.05, 0) is 25.3 Å². The second-order valence-corrected chi connectivity index (χ2v) is 5.54. The average molecular weight is 380 g/mol. The Morgan fingerprint density at radius 3 is 2.60 bits per heavy atom. The summed E-state index contributed by atoms with van der Waals surface area (Å²) in [4.78, 5) is 31.5. The number of anilines is 1. The number of hydrogen-bond donors (Lipinski definition) is 1. The van der Waals surface area contributed by atoms with E-state index in [4.69, 9.17) is 11.6 Å². The minimum atomic E-state index is -1.03. The third-order valence-corrected chi connectivity index (χ3v) is 3.53. The minimum absolute atomic E-state index is 0.00168. The van der Waals surface area contributed by atoms with Crippen molar-refractivity contribution in [2.75, 3.05) is 18.2 Å². The van der Waals surface area contributed by atoms with Crippen LogP contribution in [0.15, 0.2) is 45.7 Å². The number of amides is 1. The van der Waals surface area contributed by atoms with Gasteiger partial charge in [0.05, 0.1) is 12.3 Å². The fourth-order valence-electron chi connectivity index (χ4n) is 1.63. The molecule has 1 aromatic heterocycles. The van der Waals surface area contributed by atoms with Crippen molar-refractivity contribution < 1.29 is 14.3 Å². The van der Waals surface area contributed by atoms with Crippen LogP contribution in [0.25, 0.3) is 0 Å². The molecule has 0 saturated carbocycles. The number of esters is 1. The summed E-state index contributed by atoms with van der Waals surface area (Å²) in [5, 5.41) is 10.7. The van der Waals surface area contributed by atoms with E-state index in [0.717, 1.165) is 0 Å². The van der Waals surface area contributed by atoms with Gasteiger partial charge in [-0.2, -0.15) is 5.11 Å². The predicted octanol–water partition coefficient (Wildman–Crippen LogP) is 3.77. The zero-order chi connectivity index (χ0) is 18.2. The van der Waals surface area contributed by atoms with Gasteiger partial charge in [0.1, 0.15) is 0 Å². The first kappa shape index (κ1) is 18.8. The molecule has 2 rings (SSSR count). The van der Waals surface area contributed by atoms with Gasteiger partial charge >= 0.3 is 11.9 Å². The molecule has 0 aliphatic heterocycles. The van der Waals surface area contributed by atoms with Crippen molar-refractivity contribution in [1.82, 2.24) is 9.97 Å². The largest absolute Gasteiger partial charge is 0.459 e. The Hall–Kier alpha value is -2.52. The molecule has 0 fully saturated rings. The van der Waals surface area contributed by atoms with Gasteiger partial charge in [-0.1, -0.05) is 41.6 Å². The van der Waals surface area contributed by atoms with Gasteiger partial charge in [-0.15, -0.1) is 5.11 Å². The first-order chi connectivity index (χ1) is 12.0. The maximum Gasteiger partial charge on any atom is 0.397 e. The molecule has 1 N–H and O–H groups in total. The molecule has 0 bridgehead atoms. The smallest absolute Gasteiger partial charge is 0.397 e. The van der Waals surface area contributed by atoms with Crippen LogP contribution < -0.4 is 5.32 Å². The fraction of sp³-hybridized carbons (Fsp3) is 0.200. The highest BCUT2D eigenvalue weighted by Crippen LogP contribution is 2.33. The van der Waals surface area contributed by atoms with Crippen molar-refractivity contribution in [2.24, 2.45) is 10.2 Å². The van der Waals surface area contributed by atoms with E-state index in [1.807, 2.05) is 6.07 Å². The van der Waals surface area contributed by atoms with Crippen molar-refractivity contribution in [2.45, 2.75) is 12.1 Å². The number of benzene rings is 1. The third-order valence-electron chi connectivity index (χ3n) is 2.72. The number of nitrogens with zero attached hydrogens (tertiary/aromatic N) is 4. The van der Waals surface area contributed by atoms with E-state index in [1.165, 1.54) is 11.8 Å². The van der Waals surface area contributed by atoms with Crippen molar-refractivity contribution in [3.8, 4) is 0 Å². The highest BCUT2D eigenvalue weighted by Gasteiger charge is 2.20. The second kappa shape index (κ2) is 9.09. The number of rotatable bonds is 5. The lowest BCUT2D eigenvalue weighted by molar-refractivity contribution is -0.152. The van der Waals surface area contributed by atoms with E-state index >= 15 is 0 Å². The standard InChI is InChI=1S/C15H14ClN5O3S/c1-3-24-14(23)13(22)18-12-10(11(16)17-15(19-12)25-2)21-20-9-7-5-4-6-8-9/h4-8H,3H2,1-2H3,(H,17,18,19,22)/b21-20+. The summed E-state index contributed by atoms with van der Waals surface area (Å²) >= 11 is 7.34. The molecular weight excluding hydrogens is 366 g/mol. The summed E-state index contributed by atoms with van der Waals surface area (Å²) in [5.74, 6) is -2.05. The Bertz CT molecular complexity index is 801. The molecule has 0 spiro atoms. The number of halogens is 1. The number of hydrogen-bond acceptors (Lipinski definition) is 8. The maximum atomic E-state index is 11.9. The Labute approximate surface area is 153 Å². The predicted molar refractivity (Wildman–Crippen MR) is 94.7 cm³/mol. The summed E-state index contributed by atoms with van der Waals surface area (Å²) in [7, 11) is 0. The number of azo groups is 1. The number of carbonyl (C=O) groups is 2. The first-order valence-electron chi connectivity index (χ1n) is 7.11. The third kappa shape index (κ3) is 5.23. The fourth-order valence-corrected chi connectivity index (χ4v) is 2.26. The Balaban J connectivity index is 2.36. The lowest BCUT2D eigenvalue weighted by Gasteiger charge is -2.08. The van der Waals surface area contributed by atoms with Gasteiger partial charge in [0.25, 0.3) is 0 Å². The quantitative estimate of drug-likeness (QED) is 0.212. The van der Waals surface area contributed by atoms with Crippen molar-refractivity contribution >= 4 is 52.4 Å². The molecule has 10 heteroatoms. The maximum absolute atomic E-state index is 11.9. The number of carbonyl (C=O) groups excluding carboxylic acids is 2. The Morgan fingerprint density at radius 2 is 1.96 bits per heavy atom. The molecule has 1 heterocycles. The molecule has 1 amide bonds. The summed E-state index contributed by atoms with van der Waals surface area (Å²) in [6.07, 6.45) is 1.74. The summed E-state index contributed by atoms with van der Waals surface area (Å²) < 4.78 is 4.65. The van der Waals surface area contributed by atoms with Crippen LogP contribution in [0.4, 0.5) is 17.2 Å². The summed E-state index contributed by atoms with van der Waals surface area (Å²) in [6, 6.07) is 8.92. The molecule has 25 heavy (non-hydrogen) atoms. The van der Waals surface area contributed by atoms with Crippen molar-refractivity contribution in [3.63, 3.8) is 0 Å². The van der Waals surface area contributed by atoms with E-state index in [1.54, 1.807) is 37.4 Å². The molecule has 0 aliphatic rings. The van der Waals surface area contributed by atoms with Gasteiger partial charge in [0.2, 0.25) is 0 Å². The monoisotopic (exact) mass is 379 g/mol. The minimum Gasteiger partial charge on any atom is -0.459 e. The molecule has 1 aromatic carbocycles. The zero-order valence-electron chi connectivity index (χ0n) is 13.4. The van der Waals surface area contributed by atoms with Gasteiger partial charge in [-0.3, -0.25) is 10.1 Å². The van der Waals surface area contributed by atoms with Crippen LogP contribution in [-0.2, 0) is 14.3 Å². The molecule has 0 saturated heterocycles. The van der Waals surface area contributed by atoms with E-state index in [9.17, 15) is 9.59 Å². The SMILES string of the molecule is CCOC(=O)C(=O)Nc1nc(SC)nc(Cl)c1/N=N/c1ccccc1. The number of thioether (sulfide) groups is 1. The van der Waals surface area contributed by atoms with Crippen LogP contribution in [0.1, 0.15) is 6.92 Å². The highest BCUT2D eigenvalue weighted by molar-refractivity contribution is 7.98. The van der Waals surface area contributed by atoms with E-state index in [2.05, 4.69) is 30.3 Å². The highest BCUT2D eigenvalue weighted by atomic mass is 35.5. The molecular formula is C15H14ClN5O3S. The van der Waals surface area contributed by atoms with E-state index in [0.29, 0.717) is 10.8 Å². The second-order valence-electron chi connectivity index (χ2n) is 4.41. The lowest BCUT2D eigenvalue weighted by Crippen LogP contribution is -2.25. The van der Waals surface area contributed by atoms with Crippen LogP contribution in [-0.4, -0.2) is 34.7 Å². The van der Waals surface area contributed by atoms with Crippen LogP contribution in [0.3, 0.4) is 0 Å². The van der Waals surface area contributed by atoms with Crippen LogP contribution in [0.5, 0.6) is 0 Å². The lowest BCUT2D eigenvalue weighted by atomic mass is 10.3. The van der Waals surface area contributed by atoms with Crippen molar-refractivity contribution in [3.05, 3.63) is 35.5 Å². The van der Waals surface area contributed by atoms with E-state index in [-0.39, 0.29) is 23.3 Å². The first-order valence-corrected chi connectivity index (χ1v) is 8.71. The molecule has 0 unspecified atom stereocenters. The topological polar surface area (TPSA) is 106 Å². The molecule has 130 valence electrons. The van der Waals surface area contributed by atoms with Gasteiger partial charge < -0.3 is 4.74 Å². The van der Waals surface area contributed by atoms with Crippen LogP contribution >= 0.6 is 23.4 Å². The average Bonchev–Trinajstić information content (AvgIpc) is 2.61. The van der Waals surface area contributed by atoms with Crippen LogP contribution in [0, 0.1) is 0 Å². The van der Waals surface area contributed by atoms with E-state index < -0.39 is 11.9 Å². The molecule has 0 atom stereocenters. The molecule has 2 aromatic rings. The molecule has 0 aliphatic carbocycles. The van der Waals surface area contributed by atoms with Gasteiger partial charge in [0.15, 0.2) is 21.8 Å². The molecule has 8 nitrogen and oxygen atoms in total. The normalized spacial score (nSPS) is 10.7. The van der Waals surface area contributed by atoms with Gasteiger partial charge in [-0.25, -0.2) is 14.8 Å². The zero-order valence-corrected chi connectivity index (χ0v) is 15.0. The Kier molecular flexibility index (Phi) is 6.84. The summed E-state index contributed by atoms with van der Waals surface area (Å²) in [6.45, 7) is 1.67. The van der Waals surface area contributed by atoms with Crippen molar-refractivity contribution in [1.29, 1.82) is 0 Å².